The first-order valence-electron chi connectivity index (χ1n) is 6.05. The van der Waals surface area contributed by atoms with E-state index in [9.17, 15) is 0 Å². The molecule has 1 fully saturated rings. The van der Waals surface area contributed by atoms with Crippen molar-refractivity contribution in [2.24, 2.45) is 0 Å². The summed E-state index contributed by atoms with van der Waals surface area (Å²) in [5.74, 6) is 0. The van der Waals surface area contributed by atoms with E-state index < -0.39 is 0 Å². The average Bonchev–Trinajstić information content (AvgIpc) is 2.39. The lowest BCUT2D eigenvalue weighted by Crippen LogP contribution is -2.44. The van der Waals surface area contributed by atoms with Gasteiger partial charge >= 0.3 is 0 Å². The molecule has 94 valence electrons. The first-order valence-corrected chi connectivity index (χ1v) is 7.65. The van der Waals surface area contributed by atoms with E-state index in [1.165, 1.54) is 10.5 Å². The minimum atomic E-state index is 0.901. The van der Waals surface area contributed by atoms with Crippen LogP contribution in [0.1, 0.15) is 5.56 Å². The summed E-state index contributed by atoms with van der Waals surface area (Å²) in [5.41, 5.74) is 1.28. The minimum absolute atomic E-state index is 0.901. The van der Waals surface area contributed by atoms with Gasteiger partial charge in [0.25, 0.3) is 0 Å². The van der Waals surface area contributed by atoms with Gasteiger partial charge in [-0.05, 0) is 36.4 Å². The molecular weight excluding hydrogens is 252 g/mol. The summed E-state index contributed by atoms with van der Waals surface area (Å²) in [7, 11) is 0. The zero-order chi connectivity index (χ0) is 12.1. The summed E-state index contributed by atoms with van der Waals surface area (Å²) in [6.07, 6.45) is 3.15. The lowest BCUT2D eigenvalue weighted by molar-refractivity contribution is 0.244. The van der Waals surface area contributed by atoms with Crippen LogP contribution in [0.3, 0.4) is 0 Å². The average molecular weight is 271 g/mol. The van der Waals surface area contributed by atoms with Gasteiger partial charge in [0.2, 0.25) is 0 Å². The Kier molecular flexibility index (Phi) is 5.16. The largest absolute Gasteiger partial charge is 0.314 e. The lowest BCUT2D eigenvalue weighted by Gasteiger charge is -2.27. The van der Waals surface area contributed by atoms with Crippen LogP contribution in [0.5, 0.6) is 0 Å². The number of hydrogen-bond donors (Lipinski definition) is 1. The van der Waals surface area contributed by atoms with Crippen molar-refractivity contribution in [1.82, 2.24) is 10.2 Å². The molecule has 1 heterocycles. The molecule has 0 unspecified atom stereocenters. The summed E-state index contributed by atoms with van der Waals surface area (Å²) >= 11 is 8.00. The van der Waals surface area contributed by atoms with Crippen LogP contribution in [0, 0.1) is 0 Å². The molecule has 0 aromatic heterocycles. The summed E-state index contributed by atoms with van der Waals surface area (Å²) in [6.45, 7) is 5.63. The van der Waals surface area contributed by atoms with E-state index in [0.717, 1.165) is 44.2 Å². The molecular formula is C13H19ClN2S. The molecule has 2 rings (SSSR count). The smallest absolute Gasteiger partial charge is 0.0439 e. The Labute approximate surface area is 113 Å². The summed E-state index contributed by atoms with van der Waals surface area (Å²) in [4.78, 5) is 3.79. The molecule has 1 aromatic rings. The Morgan fingerprint density at radius 2 is 2.12 bits per heavy atom. The maximum absolute atomic E-state index is 6.23. The van der Waals surface area contributed by atoms with Gasteiger partial charge in [-0.15, -0.1) is 11.8 Å². The topological polar surface area (TPSA) is 15.3 Å². The number of nitrogens with one attached hydrogen (secondary N) is 1. The highest BCUT2D eigenvalue weighted by Gasteiger charge is 2.10. The molecule has 0 aliphatic carbocycles. The van der Waals surface area contributed by atoms with Crippen molar-refractivity contribution in [3.8, 4) is 0 Å². The molecule has 0 atom stereocenters. The zero-order valence-corrected chi connectivity index (χ0v) is 11.8. The maximum Gasteiger partial charge on any atom is 0.0439 e. The second-order valence-corrected chi connectivity index (χ2v) is 5.59. The van der Waals surface area contributed by atoms with Crippen LogP contribution < -0.4 is 5.32 Å². The van der Waals surface area contributed by atoms with Crippen LogP contribution in [-0.2, 0) is 6.42 Å². The van der Waals surface area contributed by atoms with E-state index in [-0.39, 0.29) is 0 Å². The van der Waals surface area contributed by atoms with E-state index in [1.807, 2.05) is 6.07 Å². The molecule has 0 saturated carbocycles. The van der Waals surface area contributed by atoms with E-state index in [1.54, 1.807) is 11.8 Å². The first-order chi connectivity index (χ1) is 8.29. The standard InChI is InChI=1S/C13H19ClN2S/c1-17-12-2-3-13(14)11(10-12)4-7-16-8-5-15-6-9-16/h2-3,10,15H,4-9H2,1H3. The third kappa shape index (κ3) is 3.88. The van der Waals surface area contributed by atoms with Gasteiger partial charge < -0.3 is 10.2 Å². The number of benzene rings is 1. The molecule has 2 nitrogen and oxygen atoms in total. The second-order valence-electron chi connectivity index (χ2n) is 4.30. The molecule has 4 heteroatoms. The molecule has 1 aliphatic rings. The molecule has 1 aliphatic heterocycles. The second kappa shape index (κ2) is 6.64. The minimum Gasteiger partial charge on any atom is -0.314 e. The van der Waals surface area contributed by atoms with Crippen molar-refractivity contribution >= 4 is 23.4 Å². The zero-order valence-electron chi connectivity index (χ0n) is 10.2. The van der Waals surface area contributed by atoms with Crippen molar-refractivity contribution in [2.45, 2.75) is 11.3 Å². The van der Waals surface area contributed by atoms with Crippen molar-refractivity contribution < 1.29 is 0 Å². The molecule has 1 aromatic carbocycles. The highest BCUT2D eigenvalue weighted by atomic mass is 35.5. The molecule has 0 spiro atoms. The maximum atomic E-state index is 6.23. The number of nitrogens with zero attached hydrogens (tertiary/aromatic N) is 1. The molecule has 0 bridgehead atoms. The Balaban J connectivity index is 1.92. The number of rotatable bonds is 4. The van der Waals surface area contributed by atoms with Crippen LogP contribution in [0.4, 0.5) is 0 Å². The van der Waals surface area contributed by atoms with E-state index in [2.05, 4.69) is 28.6 Å². The predicted octanol–water partition coefficient (Wildman–Crippen LogP) is 2.51. The van der Waals surface area contributed by atoms with Gasteiger partial charge in [0.05, 0.1) is 0 Å². The lowest BCUT2D eigenvalue weighted by atomic mass is 10.1. The van der Waals surface area contributed by atoms with Gasteiger partial charge in [-0.1, -0.05) is 11.6 Å². The monoisotopic (exact) mass is 270 g/mol. The van der Waals surface area contributed by atoms with E-state index in [0.29, 0.717) is 0 Å². The summed E-state index contributed by atoms with van der Waals surface area (Å²) in [6, 6.07) is 6.32. The highest BCUT2D eigenvalue weighted by Crippen LogP contribution is 2.23. The van der Waals surface area contributed by atoms with E-state index >= 15 is 0 Å². The first kappa shape index (κ1) is 13.2. The predicted molar refractivity (Wildman–Crippen MR) is 76.2 cm³/mol. The van der Waals surface area contributed by atoms with Gasteiger partial charge in [0.1, 0.15) is 0 Å². The number of piperazine rings is 1. The van der Waals surface area contributed by atoms with Crippen LogP contribution in [0.15, 0.2) is 23.1 Å². The molecule has 0 amide bonds. The molecule has 1 saturated heterocycles. The Morgan fingerprint density at radius 3 is 2.82 bits per heavy atom. The molecule has 1 N–H and O–H groups in total. The molecule has 17 heavy (non-hydrogen) atoms. The van der Waals surface area contributed by atoms with Crippen LogP contribution >= 0.6 is 23.4 Å². The van der Waals surface area contributed by atoms with Gasteiger partial charge in [-0.25, -0.2) is 0 Å². The fourth-order valence-corrected chi connectivity index (χ4v) is 2.76. The Morgan fingerprint density at radius 1 is 1.35 bits per heavy atom. The Bertz CT molecular complexity index is 364. The van der Waals surface area contributed by atoms with E-state index in [4.69, 9.17) is 11.6 Å². The summed E-state index contributed by atoms with van der Waals surface area (Å²) in [5, 5.41) is 4.27. The van der Waals surface area contributed by atoms with Crippen molar-refractivity contribution in [3.05, 3.63) is 28.8 Å². The number of halogens is 1. The van der Waals surface area contributed by atoms with Gasteiger partial charge in [0.15, 0.2) is 0 Å². The van der Waals surface area contributed by atoms with Crippen LogP contribution in [0.2, 0.25) is 5.02 Å². The third-order valence-electron chi connectivity index (χ3n) is 3.16. The van der Waals surface area contributed by atoms with Gasteiger partial charge in [-0.2, -0.15) is 0 Å². The van der Waals surface area contributed by atoms with Gasteiger partial charge in [0, 0.05) is 42.6 Å². The molecule has 0 radical (unpaired) electrons. The number of thioether (sulfide) groups is 1. The fraction of sp³-hybridized carbons (Fsp3) is 0.538. The van der Waals surface area contributed by atoms with Gasteiger partial charge in [-0.3, -0.25) is 0 Å². The quantitative estimate of drug-likeness (QED) is 0.847. The fourth-order valence-electron chi connectivity index (χ4n) is 2.08. The van der Waals surface area contributed by atoms with Crippen molar-refractivity contribution in [1.29, 1.82) is 0 Å². The SMILES string of the molecule is CSc1ccc(Cl)c(CCN2CCNCC2)c1. The third-order valence-corrected chi connectivity index (χ3v) is 4.25. The van der Waals surface area contributed by atoms with Crippen LogP contribution in [-0.4, -0.2) is 43.9 Å². The summed E-state index contributed by atoms with van der Waals surface area (Å²) < 4.78 is 0. The normalized spacial score (nSPS) is 17.3. The highest BCUT2D eigenvalue weighted by molar-refractivity contribution is 7.98. The number of hydrogen-bond acceptors (Lipinski definition) is 3. The van der Waals surface area contributed by atoms with Crippen molar-refractivity contribution in [2.75, 3.05) is 39.0 Å². The van der Waals surface area contributed by atoms with Crippen LogP contribution in [0.25, 0.3) is 0 Å². The Hall–Kier alpha value is -0.220. The van der Waals surface area contributed by atoms with Crippen molar-refractivity contribution in [3.63, 3.8) is 0 Å².